The van der Waals surface area contributed by atoms with Gasteiger partial charge in [-0.2, -0.15) is 0 Å². The van der Waals surface area contributed by atoms with E-state index < -0.39 is 21.8 Å². The van der Waals surface area contributed by atoms with Crippen molar-refractivity contribution >= 4 is 15.7 Å². The molecule has 1 aromatic rings. The molecule has 3 rings (SSSR count). The summed E-state index contributed by atoms with van der Waals surface area (Å²) in [4.78, 5) is 0. The van der Waals surface area contributed by atoms with Crippen molar-refractivity contribution in [2.75, 3.05) is 0 Å². The first-order chi connectivity index (χ1) is 8.45. The van der Waals surface area contributed by atoms with Crippen LogP contribution in [0.4, 0.5) is 0 Å². The van der Waals surface area contributed by atoms with Crippen LogP contribution in [0.25, 0.3) is 0 Å². The van der Waals surface area contributed by atoms with Gasteiger partial charge in [-0.15, -0.1) is 12.4 Å². The van der Waals surface area contributed by atoms with E-state index in [1.807, 2.05) is 0 Å². The van der Waals surface area contributed by atoms with Crippen LogP contribution in [0.5, 0.6) is 0 Å². The second kappa shape index (κ2) is 6.50. The average molecular weight is 335 g/mol. The second-order valence-electron chi connectivity index (χ2n) is 4.39. The predicted octanol–water partition coefficient (Wildman–Crippen LogP) is 4.04. The molecule has 2 heteroatoms. The van der Waals surface area contributed by atoms with Gasteiger partial charge >= 0.3 is 111 Å². The second-order valence-corrected chi connectivity index (χ2v) is 10.8. The first-order valence-corrected chi connectivity index (χ1v) is 9.78. The molecule has 0 saturated heterocycles. The summed E-state index contributed by atoms with van der Waals surface area (Å²) < 4.78 is 5.04. The first kappa shape index (κ1) is 13.8. The minimum absolute atomic E-state index is 0. The maximum Gasteiger partial charge on any atom is -0.147 e. The van der Waals surface area contributed by atoms with Gasteiger partial charge in [-0.05, 0) is 0 Å². The van der Waals surface area contributed by atoms with E-state index in [0.29, 0.717) is 0 Å². The van der Waals surface area contributed by atoms with Crippen LogP contribution in [0.2, 0.25) is 0 Å². The van der Waals surface area contributed by atoms with Gasteiger partial charge < -0.3 is 0 Å². The molecule has 0 saturated carbocycles. The van der Waals surface area contributed by atoms with Gasteiger partial charge in [-0.1, -0.05) is 0 Å². The largest absolute Gasteiger partial charge is 0.147 e. The van der Waals surface area contributed by atoms with Crippen molar-refractivity contribution in [3.8, 4) is 0 Å². The summed E-state index contributed by atoms with van der Waals surface area (Å²) in [5, 5.41) is 0. The Labute approximate surface area is 123 Å². The Morgan fingerprint density at radius 2 is 1.33 bits per heavy atom. The van der Waals surface area contributed by atoms with Crippen molar-refractivity contribution in [2.24, 2.45) is 0 Å². The fourth-order valence-electron chi connectivity index (χ4n) is 2.45. The molecule has 2 aliphatic carbocycles. The maximum atomic E-state index is 2.36. The van der Waals surface area contributed by atoms with Crippen LogP contribution in [0.15, 0.2) is 73.3 Å². The Hall–Kier alpha value is -0.647. The molecule has 0 N–H and O–H groups in total. The van der Waals surface area contributed by atoms with Crippen LogP contribution >= 0.6 is 12.4 Å². The fourth-order valence-corrected chi connectivity index (χ4v) is 9.45. The molecule has 91 valence electrons. The molecule has 0 amide bonds. The predicted molar refractivity (Wildman–Crippen MR) is 77.0 cm³/mol. The summed E-state index contributed by atoms with van der Waals surface area (Å²) in [5.41, 5.74) is 0. The van der Waals surface area contributed by atoms with E-state index in [-0.39, 0.29) is 12.4 Å². The van der Waals surface area contributed by atoms with E-state index in [1.165, 1.54) is 12.8 Å². The standard InChI is InChI=1S/C6H5.2C5H5.ClH.Zr/c1-2-4-6-5-3-1;2*1-2-4-5-3-1;;/h1-5H;2*1-3H,4H2;1H;. The summed E-state index contributed by atoms with van der Waals surface area (Å²) in [6.45, 7) is 0. The number of hydrogen-bond acceptors (Lipinski definition) is 0. The molecule has 0 aliphatic heterocycles. The van der Waals surface area contributed by atoms with Crippen molar-refractivity contribution in [3.05, 3.63) is 73.3 Å². The van der Waals surface area contributed by atoms with Gasteiger partial charge in [0.25, 0.3) is 0 Å². The molecule has 0 spiro atoms. The van der Waals surface area contributed by atoms with Gasteiger partial charge in [0.15, 0.2) is 0 Å². The van der Waals surface area contributed by atoms with Gasteiger partial charge in [0.2, 0.25) is 0 Å². The van der Waals surface area contributed by atoms with Crippen molar-refractivity contribution in [3.63, 3.8) is 0 Å². The zero-order chi connectivity index (χ0) is 11.5. The third kappa shape index (κ3) is 2.84. The molecular weight excluding hydrogens is 319 g/mol. The summed E-state index contributed by atoms with van der Waals surface area (Å²) in [5.74, 6) is 0. The van der Waals surface area contributed by atoms with E-state index >= 15 is 0 Å². The molecule has 1 aromatic carbocycles. The average Bonchev–Trinajstić information content (AvgIpc) is 3.04. The van der Waals surface area contributed by atoms with Crippen LogP contribution < -0.4 is 3.27 Å². The Bertz CT molecular complexity index is 493. The van der Waals surface area contributed by atoms with Crippen LogP contribution in [-0.4, -0.2) is 0 Å². The van der Waals surface area contributed by atoms with Gasteiger partial charge in [-0.3, -0.25) is 0 Å². The summed E-state index contributed by atoms with van der Waals surface area (Å²) in [7, 11) is 0. The van der Waals surface area contributed by atoms with Crippen LogP contribution in [-0.2, 0) is 21.8 Å². The SMILES string of the molecule is C1=CC[C]([Zr]([C]2=CC=CC2)[c]2ccccc2)=C1.Cl. The van der Waals surface area contributed by atoms with E-state index in [1.54, 1.807) is 9.83 Å². The van der Waals surface area contributed by atoms with E-state index in [9.17, 15) is 0 Å². The van der Waals surface area contributed by atoms with Crippen molar-refractivity contribution in [1.29, 1.82) is 0 Å². The van der Waals surface area contributed by atoms with E-state index in [4.69, 9.17) is 0 Å². The van der Waals surface area contributed by atoms with Gasteiger partial charge in [0, 0.05) is 0 Å². The van der Waals surface area contributed by atoms with Gasteiger partial charge in [0.05, 0.1) is 0 Å². The van der Waals surface area contributed by atoms with Crippen molar-refractivity contribution in [1.82, 2.24) is 0 Å². The van der Waals surface area contributed by atoms with Gasteiger partial charge in [0.1, 0.15) is 0 Å². The first-order valence-electron chi connectivity index (χ1n) is 6.09. The number of benzene rings is 1. The third-order valence-corrected chi connectivity index (χ3v) is 10.5. The smallest absolute Gasteiger partial charge is 0.147 e. The summed E-state index contributed by atoms with van der Waals surface area (Å²) in [6, 6.07) is 11.1. The molecule has 18 heavy (non-hydrogen) atoms. The molecule has 0 radical (unpaired) electrons. The molecule has 0 heterocycles. The van der Waals surface area contributed by atoms with Crippen molar-refractivity contribution < 1.29 is 21.8 Å². The molecule has 0 unspecified atom stereocenters. The number of allylic oxidation sites excluding steroid dienone is 8. The van der Waals surface area contributed by atoms with Crippen molar-refractivity contribution in [2.45, 2.75) is 12.8 Å². The molecular formula is C16H16ClZr. The van der Waals surface area contributed by atoms with E-state index in [0.717, 1.165) is 0 Å². The number of hydrogen-bond donors (Lipinski definition) is 0. The summed E-state index contributed by atoms with van der Waals surface area (Å²) in [6.07, 6.45) is 16.1. The number of halogens is 1. The Kier molecular flexibility index (Phi) is 4.97. The third-order valence-electron chi connectivity index (χ3n) is 3.25. The van der Waals surface area contributed by atoms with Gasteiger partial charge in [-0.25, -0.2) is 0 Å². The van der Waals surface area contributed by atoms with Crippen LogP contribution in [0.3, 0.4) is 0 Å². The Balaban J connectivity index is 0.00000120. The molecule has 2 aliphatic rings. The quantitative estimate of drug-likeness (QED) is 0.782. The van der Waals surface area contributed by atoms with E-state index in [2.05, 4.69) is 66.8 Å². The fraction of sp³-hybridized carbons (Fsp3) is 0.125. The minimum Gasteiger partial charge on any atom is -0.147 e. The Morgan fingerprint density at radius 1 is 0.778 bits per heavy atom. The molecule has 0 aromatic heterocycles. The zero-order valence-electron chi connectivity index (χ0n) is 10.2. The van der Waals surface area contributed by atoms with Crippen LogP contribution in [0, 0.1) is 0 Å². The monoisotopic (exact) mass is 333 g/mol. The molecule has 0 fully saturated rings. The maximum absolute atomic E-state index is 2.36. The normalized spacial score (nSPS) is 16.2. The van der Waals surface area contributed by atoms with Crippen LogP contribution in [0.1, 0.15) is 12.8 Å². The molecule has 0 atom stereocenters. The zero-order valence-corrected chi connectivity index (χ0v) is 13.4. The Morgan fingerprint density at radius 3 is 1.78 bits per heavy atom. The molecule has 0 bridgehead atoms. The minimum atomic E-state index is -1.75. The number of rotatable bonds is 3. The summed E-state index contributed by atoms with van der Waals surface area (Å²) >= 11 is -1.75. The topological polar surface area (TPSA) is 0 Å². The molecule has 0 nitrogen and oxygen atoms in total.